The molecule has 2 aromatic carbocycles. The number of hydrogen-bond donors (Lipinski definition) is 0. The zero-order valence-corrected chi connectivity index (χ0v) is 16.5. The van der Waals surface area contributed by atoms with Crippen LogP contribution in [-0.2, 0) is 18.7 Å². The average Bonchev–Trinajstić information content (AvgIpc) is 2.70. The third-order valence-electron chi connectivity index (χ3n) is 3.16. The minimum absolute atomic E-state index is 0.00713. The van der Waals surface area contributed by atoms with Gasteiger partial charge in [0.05, 0.1) is 6.61 Å². The number of carbonyl (C=O) groups is 2. The number of hydrogen-bond acceptors (Lipinski definition) is 8. The van der Waals surface area contributed by atoms with Gasteiger partial charge in [-0.15, -0.1) is 0 Å². The zero-order valence-electron chi connectivity index (χ0n) is 15.6. The van der Waals surface area contributed by atoms with Crippen molar-refractivity contribution in [1.82, 2.24) is 0 Å². The maximum absolute atomic E-state index is 13.2. The van der Waals surface area contributed by atoms with E-state index in [0.717, 1.165) is 12.2 Å². The molecule has 8 nitrogen and oxygen atoms in total. The van der Waals surface area contributed by atoms with Crippen LogP contribution >= 0.6 is 7.82 Å². The van der Waals surface area contributed by atoms with Gasteiger partial charge in [-0.2, -0.15) is 0 Å². The predicted octanol–water partition coefficient (Wildman–Crippen LogP) is 4.47. The summed E-state index contributed by atoms with van der Waals surface area (Å²) < 4.78 is 39.4. The normalized spacial score (nSPS) is 10.5. The van der Waals surface area contributed by atoms with Crippen molar-refractivity contribution in [3.63, 3.8) is 0 Å². The summed E-state index contributed by atoms with van der Waals surface area (Å²) in [6, 6.07) is 12.1. The number of phosphoric acid groups is 1. The molecule has 0 unspecified atom stereocenters. The minimum atomic E-state index is -4.26. The van der Waals surface area contributed by atoms with Gasteiger partial charge in [-0.3, -0.25) is 4.52 Å². The fourth-order valence-electron chi connectivity index (χ4n) is 1.99. The highest BCUT2D eigenvalue weighted by Gasteiger charge is 2.33. The van der Waals surface area contributed by atoms with Crippen molar-refractivity contribution < 1.29 is 37.2 Å². The molecular formula is C20H19O8P. The van der Waals surface area contributed by atoms with Gasteiger partial charge in [0.25, 0.3) is 0 Å². The molecule has 0 amide bonds. The molecule has 9 heteroatoms. The number of carbonyl (C=O) groups excluding carboxylic acids is 2. The standard InChI is InChI=1S/C20H19O8P/c1-4-19(21)25-15-11-7-9-13-17(15)27-29(23,24-6-3)28-18-14-10-8-12-16(18)26-20(22)5-2/h4-5,7-14H,1-2,6H2,3H3. The van der Waals surface area contributed by atoms with Crippen LogP contribution in [0.1, 0.15) is 6.92 Å². The molecule has 29 heavy (non-hydrogen) atoms. The number of esters is 2. The average molecular weight is 418 g/mol. The van der Waals surface area contributed by atoms with Gasteiger partial charge in [0, 0.05) is 12.2 Å². The molecule has 0 bridgehead atoms. The van der Waals surface area contributed by atoms with Crippen LogP contribution in [0.15, 0.2) is 73.8 Å². The number of ether oxygens (including phenoxy) is 2. The van der Waals surface area contributed by atoms with E-state index in [1.807, 2.05) is 0 Å². The fourth-order valence-corrected chi connectivity index (χ4v) is 3.23. The molecule has 0 atom stereocenters. The number of phosphoric ester groups is 1. The Morgan fingerprint density at radius 3 is 1.55 bits per heavy atom. The Balaban J connectivity index is 2.33. The SMILES string of the molecule is C=CC(=O)Oc1ccccc1OP(=O)(OCC)Oc1ccccc1OC(=O)C=C. The second-order valence-electron chi connectivity index (χ2n) is 5.19. The minimum Gasteiger partial charge on any atom is -0.419 e. The van der Waals surface area contributed by atoms with Crippen LogP contribution < -0.4 is 18.5 Å². The van der Waals surface area contributed by atoms with Crippen molar-refractivity contribution >= 4 is 19.8 Å². The lowest BCUT2D eigenvalue weighted by atomic mass is 10.3. The van der Waals surface area contributed by atoms with Gasteiger partial charge in [0.1, 0.15) is 0 Å². The quantitative estimate of drug-likeness (QED) is 0.241. The van der Waals surface area contributed by atoms with Gasteiger partial charge in [0.15, 0.2) is 23.0 Å². The van der Waals surface area contributed by atoms with Gasteiger partial charge >= 0.3 is 19.8 Å². The summed E-state index contributed by atoms with van der Waals surface area (Å²) in [5.41, 5.74) is 0. The molecule has 0 fully saturated rings. The molecule has 0 aliphatic rings. The molecule has 0 heterocycles. The fraction of sp³-hybridized carbons (Fsp3) is 0.100. The Hall–Kier alpha value is -3.35. The number of rotatable bonds is 10. The topological polar surface area (TPSA) is 97.4 Å². The summed E-state index contributed by atoms with van der Waals surface area (Å²) in [5.74, 6) is -1.58. The first-order chi connectivity index (χ1) is 13.9. The van der Waals surface area contributed by atoms with Crippen molar-refractivity contribution in [3.8, 4) is 23.0 Å². The van der Waals surface area contributed by atoms with Crippen molar-refractivity contribution in [2.24, 2.45) is 0 Å². The summed E-state index contributed by atoms with van der Waals surface area (Å²) in [6.45, 7) is 8.21. The van der Waals surface area contributed by atoms with Crippen LogP contribution in [0.3, 0.4) is 0 Å². The van der Waals surface area contributed by atoms with E-state index in [0.29, 0.717) is 0 Å². The second kappa shape index (κ2) is 10.3. The van der Waals surface area contributed by atoms with Crippen molar-refractivity contribution in [3.05, 3.63) is 73.8 Å². The molecule has 0 spiro atoms. The third-order valence-corrected chi connectivity index (χ3v) is 4.58. The van der Waals surface area contributed by atoms with E-state index >= 15 is 0 Å². The van der Waals surface area contributed by atoms with Crippen LogP contribution in [0, 0.1) is 0 Å². The summed E-state index contributed by atoms with van der Waals surface area (Å²) >= 11 is 0. The van der Waals surface area contributed by atoms with Gasteiger partial charge < -0.3 is 18.5 Å². The lowest BCUT2D eigenvalue weighted by molar-refractivity contribution is -0.129. The predicted molar refractivity (Wildman–Crippen MR) is 105 cm³/mol. The maximum atomic E-state index is 13.2. The lowest BCUT2D eigenvalue weighted by Crippen LogP contribution is -2.09. The lowest BCUT2D eigenvalue weighted by Gasteiger charge is -2.20. The molecular weight excluding hydrogens is 399 g/mol. The van der Waals surface area contributed by atoms with E-state index in [-0.39, 0.29) is 29.6 Å². The summed E-state index contributed by atoms with van der Waals surface area (Å²) in [7, 11) is -4.26. The monoisotopic (exact) mass is 418 g/mol. The first-order valence-electron chi connectivity index (χ1n) is 8.41. The van der Waals surface area contributed by atoms with E-state index in [4.69, 9.17) is 23.0 Å². The Morgan fingerprint density at radius 1 is 0.828 bits per heavy atom. The highest BCUT2D eigenvalue weighted by Crippen LogP contribution is 2.52. The van der Waals surface area contributed by atoms with E-state index in [2.05, 4.69) is 13.2 Å². The van der Waals surface area contributed by atoms with E-state index < -0.39 is 19.8 Å². The van der Waals surface area contributed by atoms with Crippen LogP contribution in [0.4, 0.5) is 0 Å². The third kappa shape index (κ3) is 6.34. The Morgan fingerprint density at radius 2 is 1.21 bits per heavy atom. The van der Waals surface area contributed by atoms with Crippen LogP contribution in [-0.4, -0.2) is 18.5 Å². The van der Waals surface area contributed by atoms with Crippen LogP contribution in [0.5, 0.6) is 23.0 Å². The van der Waals surface area contributed by atoms with E-state index in [1.54, 1.807) is 31.2 Å². The van der Waals surface area contributed by atoms with Gasteiger partial charge in [-0.1, -0.05) is 37.4 Å². The summed E-state index contributed by atoms with van der Waals surface area (Å²) in [6.07, 6.45) is 1.94. The molecule has 152 valence electrons. The molecule has 0 aliphatic heterocycles. The number of benzene rings is 2. The molecule has 0 aliphatic carbocycles. The first-order valence-corrected chi connectivity index (χ1v) is 9.87. The van der Waals surface area contributed by atoms with Crippen molar-refractivity contribution in [2.45, 2.75) is 6.92 Å². The molecule has 0 aromatic heterocycles. The smallest absolute Gasteiger partial charge is 0.419 e. The largest absolute Gasteiger partial charge is 0.587 e. The van der Waals surface area contributed by atoms with E-state index in [9.17, 15) is 14.2 Å². The summed E-state index contributed by atoms with van der Waals surface area (Å²) in [4.78, 5) is 23.0. The Labute approximate surface area is 167 Å². The summed E-state index contributed by atoms with van der Waals surface area (Å²) in [5, 5.41) is 0. The molecule has 0 radical (unpaired) electrons. The molecule has 0 saturated carbocycles. The van der Waals surface area contributed by atoms with Crippen LogP contribution in [0.25, 0.3) is 0 Å². The van der Waals surface area contributed by atoms with Crippen LogP contribution in [0.2, 0.25) is 0 Å². The molecule has 0 N–H and O–H groups in total. The first kappa shape index (κ1) is 21.9. The molecule has 2 aromatic rings. The zero-order chi connectivity index (χ0) is 21.3. The van der Waals surface area contributed by atoms with Crippen molar-refractivity contribution in [2.75, 3.05) is 6.61 Å². The second-order valence-corrected chi connectivity index (χ2v) is 6.71. The maximum Gasteiger partial charge on any atom is 0.587 e. The van der Waals surface area contributed by atoms with Gasteiger partial charge in [-0.05, 0) is 31.2 Å². The van der Waals surface area contributed by atoms with E-state index in [1.165, 1.54) is 24.3 Å². The number of para-hydroxylation sites is 4. The van der Waals surface area contributed by atoms with Gasteiger partial charge in [0.2, 0.25) is 0 Å². The Bertz CT molecular complexity index is 882. The highest BCUT2D eigenvalue weighted by atomic mass is 31.2. The molecule has 0 saturated heterocycles. The highest BCUT2D eigenvalue weighted by molar-refractivity contribution is 7.49. The van der Waals surface area contributed by atoms with Crippen molar-refractivity contribution in [1.29, 1.82) is 0 Å². The molecule has 2 rings (SSSR count). The van der Waals surface area contributed by atoms with Gasteiger partial charge in [-0.25, -0.2) is 14.2 Å². The Kier molecular flexibility index (Phi) is 7.77.